The third kappa shape index (κ3) is 2.72. The summed E-state index contributed by atoms with van der Waals surface area (Å²) in [5.41, 5.74) is 0.195. The van der Waals surface area contributed by atoms with Crippen molar-refractivity contribution in [3.63, 3.8) is 0 Å². The van der Waals surface area contributed by atoms with Gasteiger partial charge in [0.1, 0.15) is 0 Å². The van der Waals surface area contributed by atoms with Crippen molar-refractivity contribution in [3.05, 3.63) is 42.2 Å². The van der Waals surface area contributed by atoms with E-state index >= 15 is 0 Å². The van der Waals surface area contributed by atoms with E-state index in [0.717, 1.165) is 6.20 Å². The molecule has 77 valence electrons. The zero-order valence-electron chi connectivity index (χ0n) is 8.62. The fraction of sp³-hybridized carbons (Fsp3) is 0. The van der Waals surface area contributed by atoms with Gasteiger partial charge in [-0.1, -0.05) is 23.9 Å². The van der Waals surface area contributed by atoms with Gasteiger partial charge in [0, 0.05) is 57.6 Å². The Morgan fingerprint density at radius 2 is 1.94 bits per heavy atom. The summed E-state index contributed by atoms with van der Waals surface area (Å²) in [5, 5.41) is 23.5. The van der Waals surface area contributed by atoms with E-state index in [0.29, 0.717) is 5.69 Å². The van der Waals surface area contributed by atoms with Crippen molar-refractivity contribution in [2.24, 2.45) is 0 Å². The first-order valence-corrected chi connectivity index (χ1v) is 4.24. The molecule has 0 aliphatic carbocycles. The van der Waals surface area contributed by atoms with E-state index in [2.05, 4.69) is 5.10 Å². The number of aromatic carboxylic acids is 1. The maximum absolute atomic E-state index is 11.2. The molecule has 0 saturated heterocycles. The molecule has 16 heavy (non-hydrogen) atoms. The van der Waals surface area contributed by atoms with Gasteiger partial charge in [-0.3, -0.25) is 0 Å². The summed E-state index contributed by atoms with van der Waals surface area (Å²) in [4.78, 5) is 10.6. The van der Waals surface area contributed by atoms with Gasteiger partial charge in [-0.25, -0.2) is 9.48 Å². The average Bonchev–Trinajstić information content (AvgIpc) is 2.62. The normalized spacial score (nSPS) is 9.50. The number of rotatable bonds is 2. The zero-order valence-corrected chi connectivity index (χ0v) is 11.7. The Bertz CT molecular complexity index is 496. The minimum atomic E-state index is -1.31. The summed E-state index contributed by atoms with van der Waals surface area (Å²) >= 11 is 0. The van der Waals surface area contributed by atoms with Crippen LogP contribution in [0.1, 0.15) is 10.5 Å². The SMILES string of the molecule is O=C(O)c1nn(-c2ccccc2)cc1[O-].[K]. The Morgan fingerprint density at radius 3 is 2.44 bits per heavy atom. The standard InChI is InChI=1S/C10H8N2O3.K/c13-8-6-12(11-9(8)10(14)15)7-4-2-1-3-5-7;/h1-6,13H,(H,14,15);/p-1. The van der Waals surface area contributed by atoms with E-state index in [9.17, 15) is 9.90 Å². The molecule has 1 heterocycles. The van der Waals surface area contributed by atoms with Crippen LogP contribution in [0.2, 0.25) is 0 Å². The summed E-state index contributed by atoms with van der Waals surface area (Å²) in [6, 6.07) is 8.85. The summed E-state index contributed by atoms with van der Waals surface area (Å²) < 4.78 is 1.26. The number of para-hydroxylation sites is 1. The zero-order chi connectivity index (χ0) is 10.8. The van der Waals surface area contributed by atoms with Gasteiger partial charge in [0.25, 0.3) is 0 Å². The van der Waals surface area contributed by atoms with Crippen molar-refractivity contribution in [2.75, 3.05) is 0 Å². The minimum Gasteiger partial charge on any atom is -0.870 e. The van der Waals surface area contributed by atoms with Crippen LogP contribution in [0.4, 0.5) is 0 Å². The fourth-order valence-corrected chi connectivity index (χ4v) is 1.22. The molecule has 0 fully saturated rings. The molecule has 0 aliphatic heterocycles. The molecule has 1 N–H and O–H groups in total. The number of carbonyl (C=O) groups is 1. The first-order chi connectivity index (χ1) is 7.18. The van der Waals surface area contributed by atoms with E-state index in [4.69, 9.17) is 5.11 Å². The van der Waals surface area contributed by atoms with Crippen molar-refractivity contribution in [3.8, 4) is 11.4 Å². The number of carboxylic acids is 1. The number of nitrogens with zero attached hydrogens (tertiary/aromatic N) is 2. The van der Waals surface area contributed by atoms with Crippen LogP contribution in [0.5, 0.6) is 5.75 Å². The van der Waals surface area contributed by atoms with Crippen LogP contribution in [-0.4, -0.2) is 72.2 Å². The quantitative estimate of drug-likeness (QED) is 0.766. The van der Waals surface area contributed by atoms with Crippen LogP contribution < -0.4 is 5.11 Å². The molecular formula is C10H7KN2O3-. The Labute approximate surface area is 134 Å². The molecule has 1 radical (unpaired) electrons. The molecule has 0 atom stereocenters. The topological polar surface area (TPSA) is 78.2 Å². The number of benzene rings is 1. The molecule has 0 spiro atoms. The third-order valence-electron chi connectivity index (χ3n) is 1.90. The second-order valence-corrected chi connectivity index (χ2v) is 2.93. The van der Waals surface area contributed by atoms with Crippen molar-refractivity contribution in [1.82, 2.24) is 9.78 Å². The molecule has 0 aliphatic rings. The first-order valence-electron chi connectivity index (χ1n) is 4.24. The van der Waals surface area contributed by atoms with E-state index in [1.807, 2.05) is 6.07 Å². The van der Waals surface area contributed by atoms with Gasteiger partial charge in [-0.2, -0.15) is 5.10 Å². The molecule has 5 nitrogen and oxygen atoms in total. The van der Waals surface area contributed by atoms with Crippen molar-refractivity contribution < 1.29 is 15.0 Å². The minimum absolute atomic E-state index is 0. The van der Waals surface area contributed by atoms with Gasteiger partial charge < -0.3 is 10.2 Å². The molecule has 2 aromatic rings. The Hall–Kier alpha value is -0.664. The predicted octanol–water partition coefficient (Wildman–Crippen LogP) is 0.263. The maximum atomic E-state index is 11.2. The van der Waals surface area contributed by atoms with Gasteiger partial charge in [0.2, 0.25) is 0 Å². The molecule has 1 aromatic carbocycles. The van der Waals surface area contributed by atoms with Crippen molar-refractivity contribution in [2.45, 2.75) is 0 Å². The van der Waals surface area contributed by atoms with E-state index in [1.165, 1.54) is 4.68 Å². The number of hydrogen-bond acceptors (Lipinski definition) is 3. The Balaban J connectivity index is 0.00000128. The average molecular weight is 242 g/mol. The molecular weight excluding hydrogens is 235 g/mol. The summed E-state index contributed by atoms with van der Waals surface area (Å²) in [5.74, 6) is -1.90. The summed E-state index contributed by atoms with van der Waals surface area (Å²) in [6.45, 7) is 0. The first kappa shape index (κ1) is 13.4. The maximum Gasteiger partial charge on any atom is 0.355 e. The van der Waals surface area contributed by atoms with Gasteiger partial charge in [0.15, 0.2) is 5.69 Å². The number of aromatic nitrogens is 2. The van der Waals surface area contributed by atoms with E-state index in [-0.39, 0.29) is 51.4 Å². The molecule has 0 unspecified atom stereocenters. The number of carboxylic acid groups (broad SMARTS) is 1. The largest absolute Gasteiger partial charge is 0.870 e. The van der Waals surface area contributed by atoms with Gasteiger partial charge in [-0.05, 0) is 12.1 Å². The third-order valence-corrected chi connectivity index (χ3v) is 1.90. The summed E-state index contributed by atoms with van der Waals surface area (Å²) in [7, 11) is 0. The van der Waals surface area contributed by atoms with Crippen LogP contribution in [0, 0.1) is 0 Å². The van der Waals surface area contributed by atoms with Gasteiger partial charge >= 0.3 is 5.97 Å². The van der Waals surface area contributed by atoms with Crippen LogP contribution in [0.3, 0.4) is 0 Å². The molecule has 1 aromatic heterocycles. The number of hydrogen-bond donors (Lipinski definition) is 1. The fourth-order valence-electron chi connectivity index (χ4n) is 1.22. The molecule has 6 heteroatoms. The molecule has 2 rings (SSSR count). The predicted molar refractivity (Wildman–Crippen MR) is 55.7 cm³/mol. The molecule has 0 saturated carbocycles. The summed E-state index contributed by atoms with van der Waals surface area (Å²) in [6.07, 6.45) is 1.15. The smallest absolute Gasteiger partial charge is 0.355 e. The van der Waals surface area contributed by atoms with E-state index < -0.39 is 17.4 Å². The second kappa shape index (κ2) is 5.60. The van der Waals surface area contributed by atoms with Crippen LogP contribution in [0.15, 0.2) is 36.5 Å². The van der Waals surface area contributed by atoms with Gasteiger partial charge in [0.05, 0.1) is 5.69 Å². The monoisotopic (exact) mass is 242 g/mol. The Kier molecular flexibility index (Phi) is 4.69. The second-order valence-electron chi connectivity index (χ2n) is 2.93. The molecule has 0 bridgehead atoms. The van der Waals surface area contributed by atoms with Crippen molar-refractivity contribution in [1.29, 1.82) is 0 Å². The van der Waals surface area contributed by atoms with Crippen LogP contribution >= 0.6 is 0 Å². The van der Waals surface area contributed by atoms with Gasteiger partial charge in [-0.15, -0.1) is 0 Å². The van der Waals surface area contributed by atoms with E-state index in [1.54, 1.807) is 24.3 Å². The Morgan fingerprint density at radius 1 is 1.31 bits per heavy atom. The molecule has 0 amide bonds. The van der Waals surface area contributed by atoms with Crippen LogP contribution in [-0.2, 0) is 0 Å². The van der Waals surface area contributed by atoms with Crippen LogP contribution in [0.25, 0.3) is 5.69 Å². The van der Waals surface area contributed by atoms with Crippen molar-refractivity contribution >= 4 is 57.4 Å².